The van der Waals surface area contributed by atoms with Gasteiger partial charge in [-0.05, 0) is 25.1 Å². The van der Waals surface area contributed by atoms with Gasteiger partial charge in [0, 0.05) is 21.9 Å². The van der Waals surface area contributed by atoms with E-state index in [-0.39, 0.29) is 18.1 Å². The van der Waals surface area contributed by atoms with E-state index >= 15 is 0 Å². The molecule has 0 N–H and O–H groups in total. The summed E-state index contributed by atoms with van der Waals surface area (Å²) in [5.41, 5.74) is 1.38. The van der Waals surface area contributed by atoms with E-state index in [2.05, 4.69) is 15.9 Å². The maximum atomic E-state index is 11.7. The number of ketones is 1. The highest BCUT2D eigenvalue weighted by Crippen LogP contribution is 2.24. The Bertz CT molecular complexity index is 494. The van der Waals surface area contributed by atoms with Crippen molar-refractivity contribution in [3.8, 4) is 0 Å². The minimum atomic E-state index is -0.186. The fraction of sp³-hybridized carbons (Fsp3) is 0.167. The number of nitrogens with zero attached hydrogens (tertiary/aromatic N) is 1. The maximum absolute atomic E-state index is 11.7. The zero-order valence-electron chi connectivity index (χ0n) is 8.74. The van der Waals surface area contributed by atoms with Crippen LogP contribution in [0.4, 0.5) is 5.69 Å². The van der Waals surface area contributed by atoms with Crippen LogP contribution < -0.4 is 4.90 Å². The Kier molecular flexibility index (Phi) is 2.92. The first-order chi connectivity index (χ1) is 7.58. The van der Waals surface area contributed by atoms with Crippen LogP contribution in [-0.2, 0) is 9.59 Å². The van der Waals surface area contributed by atoms with Gasteiger partial charge in [0.25, 0.3) is 0 Å². The summed E-state index contributed by atoms with van der Waals surface area (Å²) < 4.78 is 0.903. The smallest absolute Gasteiger partial charge is 0.238 e. The van der Waals surface area contributed by atoms with E-state index in [4.69, 9.17) is 0 Å². The standard InChI is InChI=1S/C12H10BrNO2/c1-8-7-14(12(16)6-11(8)15)10-4-2-3-9(13)5-10/h2-5,7H,6H2,1H3. The average Bonchev–Trinajstić information content (AvgIpc) is 2.23. The quantitative estimate of drug-likeness (QED) is 0.742. The molecule has 4 heteroatoms. The van der Waals surface area contributed by atoms with E-state index in [1.165, 1.54) is 4.90 Å². The third-order valence-electron chi connectivity index (χ3n) is 2.43. The van der Waals surface area contributed by atoms with Crippen LogP contribution in [0.3, 0.4) is 0 Å². The van der Waals surface area contributed by atoms with Crippen molar-refractivity contribution in [2.45, 2.75) is 13.3 Å². The van der Waals surface area contributed by atoms with Gasteiger partial charge in [0.1, 0.15) is 0 Å². The molecule has 3 nitrogen and oxygen atoms in total. The minimum absolute atomic E-state index is 0.0468. The lowest BCUT2D eigenvalue weighted by atomic mass is 10.1. The number of rotatable bonds is 1. The van der Waals surface area contributed by atoms with Gasteiger partial charge in [0.05, 0.1) is 6.42 Å². The maximum Gasteiger partial charge on any atom is 0.238 e. The number of halogens is 1. The second-order valence-electron chi connectivity index (χ2n) is 3.66. The highest BCUT2D eigenvalue weighted by molar-refractivity contribution is 9.10. The van der Waals surface area contributed by atoms with Gasteiger partial charge in [-0.25, -0.2) is 0 Å². The number of hydrogen-bond acceptors (Lipinski definition) is 2. The van der Waals surface area contributed by atoms with Gasteiger partial charge in [-0.3, -0.25) is 14.5 Å². The van der Waals surface area contributed by atoms with Gasteiger partial charge in [0.2, 0.25) is 5.91 Å². The minimum Gasteiger partial charge on any atom is -0.294 e. The summed E-state index contributed by atoms with van der Waals surface area (Å²) in [5, 5.41) is 0. The molecular formula is C12H10BrNO2. The molecule has 82 valence electrons. The molecule has 0 aromatic heterocycles. The lowest BCUT2D eigenvalue weighted by Gasteiger charge is -2.23. The zero-order chi connectivity index (χ0) is 11.7. The molecule has 0 unspecified atom stereocenters. The lowest BCUT2D eigenvalue weighted by Crippen LogP contribution is -2.32. The van der Waals surface area contributed by atoms with Crippen LogP contribution in [0.15, 0.2) is 40.5 Å². The first-order valence-electron chi connectivity index (χ1n) is 4.87. The zero-order valence-corrected chi connectivity index (χ0v) is 10.3. The Morgan fingerprint density at radius 1 is 1.31 bits per heavy atom. The largest absolute Gasteiger partial charge is 0.294 e. The SMILES string of the molecule is CC1=CN(c2cccc(Br)c2)C(=O)CC1=O. The third kappa shape index (κ3) is 2.07. The van der Waals surface area contributed by atoms with E-state index in [9.17, 15) is 9.59 Å². The molecule has 1 aliphatic rings. The Morgan fingerprint density at radius 2 is 2.06 bits per heavy atom. The van der Waals surface area contributed by atoms with Crippen molar-refractivity contribution >= 4 is 33.3 Å². The Labute approximate surface area is 102 Å². The fourth-order valence-electron chi connectivity index (χ4n) is 1.54. The molecule has 0 saturated heterocycles. The van der Waals surface area contributed by atoms with Crippen molar-refractivity contribution in [1.82, 2.24) is 0 Å². The number of carbonyl (C=O) groups excluding carboxylic acids is 2. The molecule has 0 fully saturated rings. The number of benzene rings is 1. The molecule has 1 aromatic rings. The summed E-state index contributed by atoms with van der Waals surface area (Å²) in [6.45, 7) is 1.72. The highest BCUT2D eigenvalue weighted by atomic mass is 79.9. The molecule has 0 bridgehead atoms. The number of hydrogen-bond donors (Lipinski definition) is 0. The summed E-state index contributed by atoms with van der Waals surface area (Å²) in [7, 11) is 0. The first-order valence-corrected chi connectivity index (χ1v) is 5.66. The Hall–Kier alpha value is -1.42. The second-order valence-corrected chi connectivity index (χ2v) is 4.57. The molecule has 0 atom stereocenters. The molecular weight excluding hydrogens is 270 g/mol. The predicted molar refractivity (Wildman–Crippen MR) is 65.0 cm³/mol. The van der Waals surface area contributed by atoms with E-state index in [1.807, 2.05) is 24.3 Å². The Morgan fingerprint density at radius 3 is 2.75 bits per heavy atom. The summed E-state index contributed by atoms with van der Waals surface area (Å²) in [6, 6.07) is 7.42. The molecule has 1 aromatic carbocycles. The number of carbonyl (C=O) groups is 2. The first kappa shape index (κ1) is 11.1. The molecule has 1 heterocycles. The van der Waals surface area contributed by atoms with Gasteiger partial charge < -0.3 is 0 Å². The van der Waals surface area contributed by atoms with Crippen molar-refractivity contribution in [2.75, 3.05) is 4.90 Å². The molecule has 0 aliphatic carbocycles. The van der Waals surface area contributed by atoms with Crippen LogP contribution in [0.5, 0.6) is 0 Å². The normalized spacial score (nSPS) is 16.4. The molecule has 0 radical (unpaired) electrons. The topological polar surface area (TPSA) is 37.4 Å². The van der Waals surface area contributed by atoms with Crippen molar-refractivity contribution in [3.05, 3.63) is 40.5 Å². The van der Waals surface area contributed by atoms with Crippen LogP contribution in [0, 0.1) is 0 Å². The Balaban J connectivity index is 2.41. The molecule has 16 heavy (non-hydrogen) atoms. The number of allylic oxidation sites excluding steroid dienone is 1. The van der Waals surface area contributed by atoms with Crippen molar-refractivity contribution in [3.63, 3.8) is 0 Å². The number of Topliss-reactive ketones (excluding diaryl/α,β-unsaturated/α-hetero) is 1. The second kappa shape index (κ2) is 4.22. The van der Waals surface area contributed by atoms with Gasteiger partial charge in [-0.15, -0.1) is 0 Å². The third-order valence-corrected chi connectivity index (χ3v) is 2.92. The summed E-state index contributed by atoms with van der Waals surface area (Å²) in [6.07, 6.45) is 1.55. The van der Waals surface area contributed by atoms with Gasteiger partial charge >= 0.3 is 0 Å². The fourth-order valence-corrected chi connectivity index (χ4v) is 1.93. The predicted octanol–water partition coefficient (Wildman–Crippen LogP) is 2.66. The monoisotopic (exact) mass is 279 g/mol. The molecule has 2 rings (SSSR count). The van der Waals surface area contributed by atoms with Gasteiger partial charge in [-0.1, -0.05) is 22.0 Å². The van der Waals surface area contributed by atoms with Crippen molar-refractivity contribution in [2.24, 2.45) is 0 Å². The number of anilines is 1. The van der Waals surface area contributed by atoms with Crippen molar-refractivity contribution in [1.29, 1.82) is 0 Å². The molecule has 1 amide bonds. The average molecular weight is 280 g/mol. The number of amides is 1. The molecule has 0 spiro atoms. The van der Waals surface area contributed by atoms with Crippen LogP contribution in [-0.4, -0.2) is 11.7 Å². The highest BCUT2D eigenvalue weighted by Gasteiger charge is 2.24. The summed E-state index contributed by atoms with van der Waals surface area (Å²) >= 11 is 3.35. The van der Waals surface area contributed by atoms with Crippen LogP contribution in [0.1, 0.15) is 13.3 Å². The summed E-state index contributed by atoms with van der Waals surface area (Å²) in [4.78, 5) is 24.5. The van der Waals surface area contributed by atoms with E-state index in [0.717, 1.165) is 10.2 Å². The van der Waals surface area contributed by atoms with Gasteiger partial charge in [-0.2, -0.15) is 0 Å². The van der Waals surface area contributed by atoms with Crippen LogP contribution in [0.2, 0.25) is 0 Å². The molecule has 1 aliphatic heterocycles. The van der Waals surface area contributed by atoms with Crippen LogP contribution >= 0.6 is 15.9 Å². The summed E-state index contributed by atoms with van der Waals surface area (Å²) in [5.74, 6) is -0.287. The lowest BCUT2D eigenvalue weighted by molar-refractivity contribution is -0.125. The van der Waals surface area contributed by atoms with Crippen molar-refractivity contribution < 1.29 is 9.59 Å². The van der Waals surface area contributed by atoms with Gasteiger partial charge in [0.15, 0.2) is 5.78 Å². The molecule has 0 saturated carbocycles. The van der Waals surface area contributed by atoms with E-state index in [0.29, 0.717) is 5.57 Å². The van der Waals surface area contributed by atoms with E-state index in [1.54, 1.807) is 13.1 Å². The van der Waals surface area contributed by atoms with Crippen LogP contribution in [0.25, 0.3) is 0 Å². The van der Waals surface area contributed by atoms with E-state index < -0.39 is 0 Å².